The van der Waals surface area contributed by atoms with E-state index in [9.17, 15) is 13.2 Å². The largest absolute Gasteiger partial charge is 0.433 e. The van der Waals surface area contributed by atoms with E-state index in [0.29, 0.717) is 12.1 Å². The molecule has 20 heavy (non-hydrogen) atoms. The van der Waals surface area contributed by atoms with Gasteiger partial charge in [-0.05, 0) is 32.4 Å². The maximum atomic E-state index is 12.8. The molecule has 0 spiro atoms. The van der Waals surface area contributed by atoms with Crippen LogP contribution in [0.3, 0.4) is 0 Å². The van der Waals surface area contributed by atoms with Crippen molar-refractivity contribution in [2.45, 2.75) is 39.4 Å². The molecule has 1 heterocycles. The van der Waals surface area contributed by atoms with Crippen molar-refractivity contribution in [1.29, 1.82) is 0 Å². The second kappa shape index (κ2) is 6.39. The third kappa shape index (κ3) is 3.82. The van der Waals surface area contributed by atoms with Crippen molar-refractivity contribution in [2.24, 2.45) is 5.73 Å². The van der Waals surface area contributed by atoms with Crippen LogP contribution >= 0.6 is 12.2 Å². The van der Waals surface area contributed by atoms with E-state index in [1.54, 1.807) is 4.90 Å². The SMILES string of the molecule is CCCN(c1nc(C(F)(F)F)ccc1C(N)=S)C(C)C. The first-order valence-electron chi connectivity index (χ1n) is 6.33. The minimum Gasteiger partial charge on any atom is -0.389 e. The smallest absolute Gasteiger partial charge is 0.389 e. The van der Waals surface area contributed by atoms with Gasteiger partial charge in [0, 0.05) is 12.6 Å². The van der Waals surface area contributed by atoms with E-state index in [1.165, 1.54) is 6.07 Å². The Bertz CT molecular complexity index is 486. The van der Waals surface area contributed by atoms with Crippen LogP contribution < -0.4 is 10.6 Å². The molecule has 1 aromatic heterocycles. The molecule has 7 heteroatoms. The Morgan fingerprint density at radius 2 is 2.00 bits per heavy atom. The molecule has 2 N–H and O–H groups in total. The number of halogens is 3. The maximum absolute atomic E-state index is 12.8. The van der Waals surface area contributed by atoms with Gasteiger partial charge >= 0.3 is 6.18 Å². The molecule has 0 aliphatic rings. The molecule has 0 amide bonds. The number of nitrogens with zero attached hydrogens (tertiary/aromatic N) is 2. The van der Waals surface area contributed by atoms with Crippen molar-refractivity contribution in [3.63, 3.8) is 0 Å². The fourth-order valence-electron chi connectivity index (χ4n) is 1.87. The van der Waals surface area contributed by atoms with Crippen molar-refractivity contribution < 1.29 is 13.2 Å². The van der Waals surface area contributed by atoms with Gasteiger partial charge in [-0.3, -0.25) is 0 Å². The summed E-state index contributed by atoms with van der Waals surface area (Å²) in [6.45, 7) is 6.31. The summed E-state index contributed by atoms with van der Waals surface area (Å²) in [5.74, 6) is 0.198. The van der Waals surface area contributed by atoms with Crippen molar-refractivity contribution in [1.82, 2.24) is 4.98 Å². The summed E-state index contributed by atoms with van der Waals surface area (Å²) in [6, 6.07) is 2.19. The molecule has 0 saturated carbocycles. The van der Waals surface area contributed by atoms with Gasteiger partial charge < -0.3 is 10.6 Å². The van der Waals surface area contributed by atoms with E-state index in [2.05, 4.69) is 4.98 Å². The molecule has 1 rings (SSSR count). The van der Waals surface area contributed by atoms with Gasteiger partial charge in [-0.2, -0.15) is 13.2 Å². The Labute approximate surface area is 122 Å². The molecular formula is C13H18F3N3S. The third-order valence-electron chi connectivity index (χ3n) is 2.79. The van der Waals surface area contributed by atoms with Crippen LogP contribution in [0, 0.1) is 0 Å². The lowest BCUT2D eigenvalue weighted by Gasteiger charge is -2.29. The highest BCUT2D eigenvalue weighted by atomic mass is 32.1. The number of pyridine rings is 1. The number of rotatable bonds is 5. The standard InChI is InChI=1S/C13H18F3N3S/c1-4-7-19(8(2)3)12-9(11(17)20)5-6-10(18-12)13(14,15)16/h5-6,8H,4,7H2,1-3H3,(H2,17,20). The fourth-order valence-corrected chi connectivity index (χ4v) is 2.03. The van der Waals surface area contributed by atoms with E-state index >= 15 is 0 Å². The van der Waals surface area contributed by atoms with Gasteiger partial charge in [-0.15, -0.1) is 0 Å². The quantitative estimate of drug-likeness (QED) is 0.847. The van der Waals surface area contributed by atoms with Crippen LogP contribution in [0.25, 0.3) is 0 Å². The predicted octanol–water partition coefficient (Wildman–Crippen LogP) is 3.36. The van der Waals surface area contributed by atoms with E-state index in [1.807, 2.05) is 20.8 Å². The van der Waals surface area contributed by atoms with Crippen LogP contribution in [-0.4, -0.2) is 22.6 Å². The van der Waals surface area contributed by atoms with Crippen molar-refractivity contribution in [3.05, 3.63) is 23.4 Å². The summed E-state index contributed by atoms with van der Waals surface area (Å²) in [5.41, 5.74) is 5.03. The molecular weight excluding hydrogens is 287 g/mol. The predicted molar refractivity (Wildman–Crippen MR) is 77.9 cm³/mol. The molecule has 112 valence electrons. The van der Waals surface area contributed by atoms with Gasteiger partial charge in [-0.25, -0.2) is 4.98 Å². The van der Waals surface area contributed by atoms with Crippen LogP contribution in [0.2, 0.25) is 0 Å². The van der Waals surface area contributed by atoms with Crippen molar-refractivity contribution in [3.8, 4) is 0 Å². The van der Waals surface area contributed by atoms with Gasteiger partial charge in [0.1, 0.15) is 16.5 Å². The number of aromatic nitrogens is 1. The molecule has 0 aliphatic heterocycles. The molecule has 0 aliphatic carbocycles. The van der Waals surface area contributed by atoms with Crippen LogP contribution in [0.1, 0.15) is 38.4 Å². The average Bonchev–Trinajstić information content (AvgIpc) is 2.33. The zero-order chi connectivity index (χ0) is 15.5. The lowest BCUT2D eigenvalue weighted by Crippen LogP contribution is -2.34. The van der Waals surface area contributed by atoms with Crippen LogP contribution in [-0.2, 0) is 6.18 Å². The molecule has 0 atom stereocenters. The Balaban J connectivity index is 3.41. The monoisotopic (exact) mass is 305 g/mol. The highest BCUT2D eigenvalue weighted by Gasteiger charge is 2.34. The van der Waals surface area contributed by atoms with Crippen LogP contribution in [0.5, 0.6) is 0 Å². The van der Waals surface area contributed by atoms with Gasteiger partial charge in [0.15, 0.2) is 0 Å². The molecule has 0 aromatic carbocycles. The van der Waals surface area contributed by atoms with E-state index in [-0.39, 0.29) is 16.8 Å². The number of hydrogen-bond donors (Lipinski definition) is 1. The second-order valence-corrected chi connectivity index (χ2v) is 5.16. The highest BCUT2D eigenvalue weighted by molar-refractivity contribution is 7.80. The van der Waals surface area contributed by atoms with E-state index in [4.69, 9.17) is 18.0 Å². The zero-order valence-electron chi connectivity index (χ0n) is 11.7. The number of anilines is 1. The van der Waals surface area contributed by atoms with Gasteiger partial charge in [0.05, 0.1) is 5.56 Å². The summed E-state index contributed by atoms with van der Waals surface area (Å²) >= 11 is 4.91. The summed E-state index contributed by atoms with van der Waals surface area (Å²) in [5, 5.41) is 0. The maximum Gasteiger partial charge on any atom is 0.433 e. The van der Waals surface area contributed by atoms with Gasteiger partial charge in [-0.1, -0.05) is 19.1 Å². The Morgan fingerprint density at radius 1 is 1.40 bits per heavy atom. The van der Waals surface area contributed by atoms with Crippen LogP contribution in [0.4, 0.5) is 19.0 Å². The first-order chi connectivity index (χ1) is 9.18. The first kappa shape index (κ1) is 16.7. The minimum atomic E-state index is -4.49. The molecule has 0 bridgehead atoms. The average molecular weight is 305 g/mol. The first-order valence-corrected chi connectivity index (χ1v) is 6.74. The fraction of sp³-hybridized carbons (Fsp3) is 0.538. The molecule has 0 fully saturated rings. The zero-order valence-corrected chi connectivity index (χ0v) is 12.5. The van der Waals surface area contributed by atoms with E-state index in [0.717, 1.165) is 12.5 Å². The lowest BCUT2D eigenvalue weighted by atomic mass is 10.1. The van der Waals surface area contributed by atoms with E-state index < -0.39 is 11.9 Å². The number of hydrogen-bond acceptors (Lipinski definition) is 3. The molecule has 0 unspecified atom stereocenters. The summed E-state index contributed by atoms with van der Waals surface area (Å²) in [4.78, 5) is 5.56. The lowest BCUT2D eigenvalue weighted by molar-refractivity contribution is -0.141. The molecule has 0 radical (unpaired) electrons. The Morgan fingerprint density at radius 3 is 2.40 bits per heavy atom. The summed E-state index contributed by atoms with van der Waals surface area (Å²) in [6.07, 6.45) is -3.70. The topological polar surface area (TPSA) is 42.2 Å². The van der Waals surface area contributed by atoms with Crippen molar-refractivity contribution >= 4 is 23.0 Å². The third-order valence-corrected chi connectivity index (χ3v) is 3.01. The second-order valence-electron chi connectivity index (χ2n) is 4.72. The summed E-state index contributed by atoms with van der Waals surface area (Å²) in [7, 11) is 0. The van der Waals surface area contributed by atoms with Gasteiger partial charge in [0.25, 0.3) is 0 Å². The molecule has 0 saturated heterocycles. The van der Waals surface area contributed by atoms with Gasteiger partial charge in [0.2, 0.25) is 0 Å². The Hall–Kier alpha value is -1.37. The van der Waals surface area contributed by atoms with Crippen molar-refractivity contribution in [2.75, 3.05) is 11.4 Å². The number of alkyl halides is 3. The normalized spacial score (nSPS) is 11.8. The minimum absolute atomic E-state index is 0.000895. The molecule has 3 nitrogen and oxygen atoms in total. The highest BCUT2D eigenvalue weighted by Crippen LogP contribution is 2.31. The number of nitrogens with two attached hydrogens (primary N) is 1. The molecule has 1 aromatic rings. The number of thiocarbonyl (C=S) groups is 1. The van der Waals surface area contributed by atoms with Crippen LogP contribution in [0.15, 0.2) is 12.1 Å². The Kier molecular flexibility index (Phi) is 5.33. The summed E-state index contributed by atoms with van der Waals surface area (Å²) < 4.78 is 38.4.